The number of fused-ring (bicyclic) bond motifs is 1. The topological polar surface area (TPSA) is 147 Å². The number of nitrogens with zero attached hydrogens (tertiary/aromatic N) is 5. The number of carbonyl (C=O) groups excluding carboxylic acids is 3. The Labute approximate surface area is 226 Å². The van der Waals surface area contributed by atoms with Crippen LogP contribution in [0, 0.1) is 5.92 Å². The third-order valence-electron chi connectivity index (χ3n) is 7.13. The Hall–Kier alpha value is -3.77. The van der Waals surface area contributed by atoms with E-state index in [0.29, 0.717) is 67.9 Å². The van der Waals surface area contributed by atoms with Gasteiger partial charge in [-0.15, -0.1) is 5.10 Å². The molecule has 2 amide bonds. The number of hydrogen-bond acceptors (Lipinski definition) is 9. The number of cyclic esters (lactones) is 1. The number of amides is 2. The number of ether oxygens (including phenoxy) is 2. The predicted octanol–water partition coefficient (Wildman–Crippen LogP) is 1.93. The largest absolute Gasteiger partial charge is 0.469 e. The summed E-state index contributed by atoms with van der Waals surface area (Å²) in [5.41, 5.74) is 0.434. The maximum Gasteiger partial charge on any atom is 0.414 e. The van der Waals surface area contributed by atoms with Crippen LogP contribution in [0.5, 0.6) is 0 Å². The number of aliphatic hydroxyl groups excluding tert-OH is 1. The molecule has 12 nitrogen and oxygen atoms in total. The molecule has 3 heterocycles. The van der Waals surface area contributed by atoms with E-state index in [9.17, 15) is 19.5 Å². The quantitative estimate of drug-likeness (QED) is 0.220. The number of unbranched alkanes of at least 4 members (excludes halogenated alkanes) is 1. The number of aromatic nitrogens is 3. The lowest BCUT2D eigenvalue weighted by Gasteiger charge is -2.28. The number of aryl methyl sites for hydroxylation is 1. The van der Waals surface area contributed by atoms with Crippen LogP contribution in [-0.2, 0) is 37.6 Å². The molecule has 0 bridgehead atoms. The third-order valence-corrected chi connectivity index (χ3v) is 7.13. The molecule has 2 aliphatic heterocycles. The molecule has 1 saturated heterocycles. The number of allylic oxidation sites excluding steroid dienone is 1. The lowest BCUT2D eigenvalue weighted by molar-refractivity contribution is -0.140. The molecule has 0 saturated carbocycles. The van der Waals surface area contributed by atoms with Crippen molar-refractivity contribution in [3.63, 3.8) is 0 Å². The summed E-state index contributed by atoms with van der Waals surface area (Å²) in [7, 11) is 1.34. The van der Waals surface area contributed by atoms with Gasteiger partial charge < -0.3 is 24.6 Å². The van der Waals surface area contributed by atoms with Crippen molar-refractivity contribution in [3.05, 3.63) is 47.8 Å². The van der Waals surface area contributed by atoms with Crippen molar-refractivity contribution in [2.75, 3.05) is 43.2 Å². The van der Waals surface area contributed by atoms with Crippen molar-refractivity contribution >= 4 is 29.3 Å². The van der Waals surface area contributed by atoms with E-state index < -0.39 is 23.5 Å². The van der Waals surface area contributed by atoms with Gasteiger partial charge >= 0.3 is 12.1 Å². The Morgan fingerprint density at radius 3 is 2.82 bits per heavy atom. The summed E-state index contributed by atoms with van der Waals surface area (Å²) in [5, 5.41) is 29.0. The van der Waals surface area contributed by atoms with Gasteiger partial charge in [-0.2, -0.15) is 0 Å². The molecule has 2 N–H and O–H groups in total. The number of carbonyl (C=O) groups is 3. The second-order valence-corrected chi connectivity index (χ2v) is 9.68. The van der Waals surface area contributed by atoms with Gasteiger partial charge in [0.05, 0.1) is 25.0 Å². The normalized spacial score (nSPS) is 19.6. The number of methoxy groups -OCH3 is 1. The molecule has 210 valence electrons. The summed E-state index contributed by atoms with van der Waals surface area (Å²) < 4.78 is 11.4. The van der Waals surface area contributed by atoms with Crippen LogP contribution < -0.4 is 9.80 Å². The molecule has 2 aromatic rings. The van der Waals surface area contributed by atoms with Crippen LogP contribution in [0.25, 0.3) is 0 Å². The third kappa shape index (κ3) is 5.96. The van der Waals surface area contributed by atoms with Gasteiger partial charge in [-0.25, -0.2) is 4.79 Å². The predicted molar refractivity (Wildman–Crippen MR) is 141 cm³/mol. The van der Waals surface area contributed by atoms with Crippen LogP contribution >= 0.6 is 0 Å². The van der Waals surface area contributed by atoms with E-state index in [-0.39, 0.29) is 25.6 Å². The fourth-order valence-electron chi connectivity index (χ4n) is 4.92. The van der Waals surface area contributed by atoms with Crippen molar-refractivity contribution in [1.82, 2.24) is 15.0 Å². The first-order valence-corrected chi connectivity index (χ1v) is 13.2. The fourth-order valence-corrected chi connectivity index (χ4v) is 4.92. The van der Waals surface area contributed by atoms with Gasteiger partial charge in [-0.3, -0.25) is 19.2 Å². The van der Waals surface area contributed by atoms with Crippen LogP contribution in [0.1, 0.15) is 43.9 Å². The second-order valence-electron chi connectivity index (χ2n) is 9.68. The Kier molecular flexibility index (Phi) is 8.97. The monoisotopic (exact) mass is 541 g/mol. The van der Waals surface area contributed by atoms with Crippen LogP contribution in [0.4, 0.5) is 16.2 Å². The molecule has 1 aromatic carbocycles. The zero-order chi connectivity index (χ0) is 28.0. The minimum atomic E-state index is -1.84. The van der Waals surface area contributed by atoms with E-state index >= 15 is 0 Å². The van der Waals surface area contributed by atoms with E-state index in [0.717, 1.165) is 0 Å². The smallest absolute Gasteiger partial charge is 0.414 e. The van der Waals surface area contributed by atoms with Crippen molar-refractivity contribution in [2.45, 2.75) is 51.2 Å². The van der Waals surface area contributed by atoms with Crippen LogP contribution in [0.2, 0.25) is 0 Å². The van der Waals surface area contributed by atoms with Gasteiger partial charge in [0.25, 0.3) is 5.91 Å². The number of anilines is 2. The minimum absolute atomic E-state index is 0.00710. The Bertz CT molecular complexity index is 1230. The molecule has 1 aromatic heterocycles. The van der Waals surface area contributed by atoms with Gasteiger partial charge in [-0.1, -0.05) is 24.3 Å². The SMILES string of the molecule is COC(=O)CCCCN1C(=O)[C@@](O)([C@@H](C)/C=C/CCn2cc(CCO)nn2)c2cc(N3CCOC3=O)ccc21. The van der Waals surface area contributed by atoms with Gasteiger partial charge in [-0.05, 0) is 37.5 Å². The zero-order valence-corrected chi connectivity index (χ0v) is 22.3. The Morgan fingerprint density at radius 1 is 1.28 bits per heavy atom. The van der Waals surface area contributed by atoms with E-state index in [1.807, 2.05) is 12.2 Å². The molecular weight excluding hydrogens is 506 g/mol. The van der Waals surface area contributed by atoms with Crippen molar-refractivity contribution in [1.29, 1.82) is 0 Å². The highest BCUT2D eigenvalue weighted by Gasteiger charge is 2.52. The van der Waals surface area contributed by atoms with Crippen molar-refractivity contribution in [2.24, 2.45) is 5.92 Å². The molecule has 0 spiro atoms. The number of aliphatic hydroxyl groups is 2. The standard InChI is InChI=1S/C27H35N5O7/c1-19(7-3-5-12-30-18-20(11-15-33)28-29-30)27(37)22-17-21(31-14-16-39-26(31)36)9-10-23(22)32(25(27)35)13-6-4-8-24(34)38-2/h3,7,9-10,17-19,33,37H,4-6,8,11-16H2,1-2H3/b7-3+/t19-,27+/m0/s1. The first kappa shape index (κ1) is 28.2. The maximum atomic E-state index is 13.7. The summed E-state index contributed by atoms with van der Waals surface area (Å²) in [4.78, 5) is 40.4. The summed E-state index contributed by atoms with van der Waals surface area (Å²) in [6, 6.07) is 5.18. The molecule has 2 atom stereocenters. The lowest BCUT2D eigenvalue weighted by atomic mass is 9.82. The highest BCUT2D eigenvalue weighted by molar-refractivity contribution is 6.08. The van der Waals surface area contributed by atoms with Gasteiger partial charge in [0.2, 0.25) is 0 Å². The molecule has 0 unspecified atom stereocenters. The van der Waals surface area contributed by atoms with Crippen molar-refractivity contribution in [3.8, 4) is 0 Å². The average molecular weight is 542 g/mol. The van der Waals surface area contributed by atoms with E-state index in [2.05, 4.69) is 10.3 Å². The molecule has 0 aliphatic carbocycles. The Morgan fingerprint density at radius 2 is 2.10 bits per heavy atom. The number of benzene rings is 1. The molecule has 39 heavy (non-hydrogen) atoms. The zero-order valence-electron chi connectivity index (χ0n) is 22.3. The van der Waals surface area contributed by atoms with Crippen LogP contribution in [0.3, 0.4) is 0 Å². The average Bonchev–Trinajstić information content (AvgIpc) is 3.63. The van der Waals surface area contributed by atoms with Gasteiger partial charge in [0, 0.05) is 55.9 Å². The number of rotatable bonds is 13. The molecule has 1 fully saturated rings. The number of hydrogen-bond donors (Lipinski definition) is 2. The molecule has 0 radical (unpaired) electrons. The van der Waals surface area contributed by atoms with Crippen LogP contribution in [-0.4, -0.2) is 76.6 Å². The van der Waals surface area contributed by atoms with E-state index in [1.165, 1.54) is 12.0 Å². The summed E-state index contributed by atoms with van der Waals surface area (Å²) in [5.74, 6) is -1.33. The fraction of sp³-hybridized carbons (Fsp3) is 0.519. The highest BCUT2D eigenvalue weighted by Crippen LogP contribution is 2.47. The Balaban J connectivity index is 1.53. The van der Waals surface area contributed by atoms with Gasteiger partial charge in [0.15, 0.2) is 5.60 Å². The van der Waals surface area contributed by atoms with E-state index in [1.54, 1.807) is 40.9 Å². The summed E-state index contributed by atoms with van der Waals surface area (Å²) in [6.07, 6.45) is 7.40. The molecular formula is C27H35N5O7. The number of esters is 1. The molecule has 12 heteroatoms. The second kappa shape index (κ2) is 12.4. The van der Waals surface area contributed by atoms with E-state index in [4.69, 9.17) is 14.6 Å². The summed E-state index contributed by atoms with van der Waals surface area (Å²) in [6.45, 7) is 3.34. The first-order valence-electron chi connectivity index (χ1n) is 13.2. The maximum absolute atomic E-state index is 13.7. The lowest BCUT2D eigenvalue weighted by Crippen LogP contribution is -2.44. The molecule has 4 rings (SSSR count). The summed E-state index contributed by atoms with van der Waals surface area (Å²) >= 11 is 0. The van der Waals surface area contributed by atoms with Crippen LogP contribution in [0.15, 0.2) is 36.5 Å². The van der Waals surface area contributed by atoms with Gasteiger partial charge in [0.1, 0.15) is 6.61 Å². The highest BCUT2D eigenvalue weighted by atomic mass is 16.6. The minimum Gasteiger partial charge on any atom is -0.469 e. The first-order chi connectivity index (χ1) is 18.8. The molecule has 2 aliphatic rings. The van der Waals surface area contributed by atoms with Crippen molar-refractivity contribution < 1.29 is 34.1 Å².